The number of benzene rings is 3. The van der Waals surface area contributed by atoms with Gasteiger partial charge in [-0.2, -0.15) is 0 Å². The van der Waals surface area contributed by atoms with Crippen molar-refractivity contribution in [3.63, 3.8) is 0 Å². The van der Waals surface area contributed by atoms with Gasteiger partial charge in [-0.15, -0.1) is 0 Å². The summed E-state index contributed by atoms with van der Waals surface area (Å²) in [5.74, 6) is 2.38. The van der Waals surface area contributed by atoms with Crippen molar-refractivity contribution in [2.45, 2.75) is 60.1 Å². The molecular weight excluding hydrogens is 508 g/mol. The van der Waals surface area contributed by atoms with Gasteiger partial charge in [0.1, 0.15) is 17.2 Å². The molecule has 0 N–H and O–H groups in total. The Balaban J connectivity index is 0.000000341. The maximum atomic E-state index is 10.2. The zero-order valence-electron chi connectivity index (χ0n) is 22.1. The molecule has 0 radical (unpaired) electrons. The van der Waals surface area contributed by atoms with Crippen LogP contribution in [-0.4, -0.2) is 40.1 Å². The van der Waals surface area contributed by atoms with Crippen molar-refractivity contribution in [2.24, 2.45) is 0 Å². The second kappa shape index (κ2) is 16.2. The Morgan fingerprint density at radius 1 is 0.595 bits per heavy atom. The van der Waals surface area contributed by atoms with Crippen molar-refractivity contribution < 1.29 is 27.2 Å². The molecule has 0 heterocycles. The van der Waals surface area contributed by atoms with Gasteiger partial charge in [0.05, 0.1) is 42.3 Å². The van der Waals surface area contributed by atoms with Gasteiger partial charge in [-0.1, -0.05) is 39.0 Å². The van der Waals surface area contributed by atoms with Crippen LogP contribution in [0.5, 0.6) is 17.2 Å². The van der Waals surface area contributed by atoms with E-state index in [1.807, 2.05) is 36.4 Å². The largest absolute Gasteiger partial charge is 0.748 e. The Morgan fingerprint density at radius 2 is 0.919 bits per heavy atom. The fourth-order valence-corrected chi connectivity index (χ4v) is 6.20. The van der Waals surface area contributed by atoms with E-state index in [2.05, 4.69) is 43.3 Å². The van der Waals surface area contributed by atoms with Gasteiger partial charge in [-0.05, 0) is 79.2 Å². The van der Waals surface area contributed by atoms with Crippen LogP contribution in [0.2, 0.25) is 0 Å². The molecule has 0 saturated heterocycles. The van der Waals surface area contributed by atoms with Gasteiger partial charge in [-0.25, -0.2) is 8.42 Å². The van der Waals surface area contributed by atoms with E-state index in [1.54, 1.807) is 21.3 Å². The molecular formula is C29H38O6S2. The second-order valence-corrected chi connectivity index (χ2v) is 11.9. The van der Waals surface area contributed by atoms with E-state index in [1.165, 1.54) is 27.5 Å². The highest BCUT2D eigenvalue weighted by atomic mass is 32.2. The topological polar surface area (TPSA) is 84.9 Å². The molecule has 0 unspecified atom stereocenters. The highest BCUT2D eigenvalue weighted by Gasteiger charge is 2.28. The van der Waals surface area contributed by atoms with Gasteiger partial charge in [0.15, 0.2) is 14.7 Å². The third-order valence-electron chi connectivity index (χ3n) is 5.63. The molecule has 202 valence electrons. The lowest BCUT2D eigenvalue weighted by molar-refractivity contribution is 0.414. The quantitative estimate of drug-likeness (QED) is 0.135. The molecule has 0 atom stereocenters. The van der Waals surface area contributed by atoms with Crippen molar-refractivity contribution >= 4 is 21.0 Å². The van der Waals surface area contributed by atoms with Crippen molar-refractivity contribution in [3.05, 3.63) is 72.8 Å². The van der Waals surface area contributed by atoms with Gasteiger partial charge in [0.25, 0.3) is 0 Å². The summed E-state index contributed by atoms with van der Waals surface area (Å²) < 4.78 is 46.4. The van der Waals surface area contributed by atoms with Crippen LogP contribution in [0.1, 0.15) is 45.4 Å². The second-order valence-electron chi connectivity index (χ2n) is 8.36. The molecule has 0 aliphatic heterocycles. The summed E-state index contributed by atoms with van der Waals surface area (Å²) in [6.45, 7) is 2.13. The summed E-state index contributed by atoms with van der Waals surface area (Å²) >= 11 is 0. The molecule has 3 rings (SSSR count). The molecule has 0 aromatic heterocycles. The Morgan fingerprint density at radius 3 is 1.22 bits per heavy atom. The summed E-state index contributed by atoms with van der Waals surface area (Å²) in [6, 6.07) is 24.7. The molecule has 0 saturated carbocycles. The summed E-state index contributed by atoms with van der Waals surface area (Å²) in [4.78, 5) is 3.70. The van der Waals surface area contributed by atoms with Gasteiger partial charge >= 0.3 is 0 Å². The first kappa shape index (κ1) is 30.5. The number of methoxy groups -OCH3 is 3. The van der Waals surface area contributed by atoms with Gasteiger partial charge < -0.3 is 18.8 Å². The average molecular weight is 547 g/mol. The number of hydrogen-bond acceptors (Lipinski definition) is 6. The first-order chi connectivity index (χ1) is 17.8. The molecule has 0 bridgehead atoms. The summed E-state index contributed by atoms with van der Waals surface area (Å²) in [7, 11) is 0.868. The minimum absolute atomic E-state index is 0.195. The van der Waals surface area contributed by atoms with Crippen LogP contribution >= 0.6 is 0 Å². The minimum atomic E-state index is -3.97. The maximum absolute atomic E-state index is 10.2. The standard InChI is InChI=1S/C21H21O3S.C8H18O3S/c1-22-16-4-10-19(11-5-16)25(20-12-6-17(23-2)7-13-20)21-14-8-18(24-3)9-15-21;1-2-3-4-5-6-7-8-12(9,10)11/h4-15H,1-3H3;2-8H2,1H3,(H,9,10,11)/q+1;/p-1. The fourth-order valence-electron chi connectivity index (χ4n) is 3.60. The number of ether oxygens (including phenoxy) is 3. The van der Waals surface area contributed by atoms with E-state index in [9.17, 15) is 13.0 Å². The zero-order valence-corrected chi connectivity index (χ0v) is 23.8. The monoisotopic (exact) mass is 546 g/mol. The average Bonchev–Trinajstić information content (AvgIpc) is 2.92. The molecule has 0 spiro atoms. The third kappa shape index (κ3) is 11.1. The predicted octanol–water partition coefficient (Wildman–Crippen LogP) is 6.70. The molecule has 8 heteroatoms. The zero-order chi connectivity index (χ0) is 27.1. The smallest absolute Gasteiger partial charge is 0.166 e. The summed E-state index contributed by atoms with van der Waals surface area (Å²) in [5.41, 5.74) is 0. The lowest BCUT2D eigenvalue weighted by atomic mass is 10.1. The maximum Gasteiger partial charge on any atom is 0.166 e. The first-order valence-corrected chi connectivity index (χ1v) is 15.2. The SMILES string of the molecule is CCCCCCCCS(=O)(=O)[O-].COc1ccc([S+](c2ccc(OC)cc2)c2ccc(OC)cc2)cc1. The van der Waals surface area contributed by atoms with E-state index in [-0.39, 0.29) is 16.6 Å². The molecule has 0 aliphatic carbocycles. The van der Waals surface area contributed by atoms with E-state index >= 15 is 0 Å². The molecule has 3 aromatic rings. The fraction of sp³-hybridized carbons (Fsp3) is 0.379. The normalized spacial score (nSPS) is 11.0. The molecule has 6 nitrogen and oxygen atoms in total. The van der Waals surface area contributed by atoms with Crippen molar-refractivity contribution in [2.75, 3.05) is 27.1 Å². The first-order valence-electron chi connectivity index (χ1n) is 12.4. The number of unbranched alkanes of at least 4 members (excludes halogenated alkanes) is 5. The molecule has 0 amide bonds. The van der Waals surface area contributed by atoms with Crippen LogP contribution in [0.25, 0.3) is 0 Å². The lowest BCUT2D eigenvalue weighted by Crippen LogP contribution is -2.05. The molecule has 0 fully saturated rings. The summed E-state index contributed by atoms with van der Waals surface area (Å²) in [5, 5.41) is 0. The van der Waals surface area contributed by atoms with E-state index in [0.717, 1.165) is 36.5 Å². The van der Waals surface area contributed by atoms with E-state index in [4.69, 9.17) is 14.2 Å². The van der Waals surface area contributed by atoms with E-state index < -0.39 is 10.1 Å². The number of hydrogen-bond donors (Lipinski definition) is 0. The van der Waals surface area contributed by atoms with Gasteiger partial charge in [-0.3, -0.25) is 0 Å². The predicted molar refractivity (Wildman–Crippen MR) is 149 cm³/mol. The van der Waals surface area contributed by atoms with Gasteiger partial charge in [0, 0.05) is 5.75 Å². The van der Waals surface area contributed by atoms with Crippen molar-refractivity contribution in [1.29, 1.82) is 0 Å². The van der Waals surface area contributed by atoms with Crippen LogP contribution in [0.3, 0.4) is 0 Å². The lowest BCUT2D eigenvalue weighted by Gasteiger charge is -2.10. The van der Waals surface area contributed by atoms with Crippen molar-refractivity contribution in [1.82, 2.24) is 0 Å². The van der Waals surface area contributed by atoms with E-state index in [0.29, 0.717) is 6.42 Å². The Hall–Kier alpha value is -2.68. The van der Waals surface area contributed by atoms with Crippen LogP contribution in [0, 0.1) is 0 Å². The van der Waals surface area contributed by atoms with Crippen LogP contribution in [0.4, 0.5) is 0 Å². The number of rotatable bonds is 13. The Labute approximate surface area is 225 Å². The highest BCUT2D eigenvalue weighted by molar-refractivity contribution is 7.97. The third-order valence-corrected chi connectivity index (χ3v) is 8.65. The molecule has 3 aromatic carbocycles. The Kier molecular flexibility index (Phi) is 13.4. The Bertz CT molecular complexity index is 1020. The van der Waals surface area contributed by atoms with Crippen molar-refractivity contribution in [3.8, 4) is 17.2 Å². The van der Waals surface area contributed by atoms with Gasteiger partial charge in [0.2, 0.25) is 0 Å². The highest BCUT2D eigenvalue weighted by Crippen LogP contribution is 2.33. The molecule has 0 aliphatic rings. The van der Waals surface area contributed by atoms with Crippen LogP contribution in [-0.2, 0) is 21.0 Å². The summed E-state index contributed by atoms with van der Waals surface area (Å²) in [6.07, 6.45) is 5.96. The minimum Gasteiger partial charge on any atom is -0.748 e. The van der Waals surface area contributed by atoms with Crippen LogP contribution < -0.4 is 14.2 Å². The van der Waals surface area contributed by atoms with Crippen LogP contribution in [0.15, 0.2) is 87.5 Å². The molecule has 37 heavy (non-hydrogen) atoms.